The van der Waals surface area contributed by atoms with E-state index in [0.717, 1.165) is 78.1 Å². The van der Waals surface area contributed by atoms with Crippen LogP contribution >= 0.6 is 62.3 Å². The summed E-state index contributed by atoms with van der Waals surface area (Å²) in [4.78, 5) is 20.0. The number of anilines is 1. The lowest BCUT2D eigenvalue weighted by molar-refractivity contribution is -0.140. The van der Waals surface area contributed by atoms with Crippen LogP contribution in [-0.2, 0) is 20.9 Å². The molecule has 0 saturated heterocycles. The Morgan fingerprint density at radius 3 is 1.31 bits per heavy atom. The number of aromatic nitrogens is 8. The zero-order valence-corrected chi connectivity index (χ0v) is 48.6. The minimum absolute atomic E-state index is 0.0671. The van der Waals surface area contributed by atoms with E-state index in [1.54, 1.807) is 35.3 Å². The Hall–Kier alpha value is -6.76. The van der Waals surface area contributed by atoms with E-state index in [1.807, 2.05) is 156 Å². The Bertz CT molecular complexity index is 3220. The van der Waals surface area contributed by atoms with Crippen LogP contribution in [0.25, 0.3) is 22.7 Å². The first-order valence-corrected chi connectivity index (χ1v) is 25.5. The first-order valence-electron chi connectivity index (χ1n) is 23.2. The number of halogens is 5. The molecule has 20 heteroatoms. The monoisotopic (exact) mass is 1160 g/mol. The van der Waals surface area contributed by atoms with Crippen LogP contribution < -0.4 is 11.5 Å². The molecule has 4 heterocycles. The van der Waals surface area contributed by atoms with Gasteiger partial charge in [-0.1, -0.05) is 70.7 Å². The summed E-state index contributed by atoms with van der Waals surface area (Å²) in [7, 11) is 0. The number of nitrogens with zero attached hydrogens (tertiary/aromatic N) is 10. The number of nitriles is 2. The topological polar surface area (TPSA) is 214 Å². The van der Waals surface area contributed by atoms with Crippen LogP contribution in [0.1, 0.15) is 84.1 Å². The molecule has 0 spiro atoms. The number of benzene rings is 4. The Balaban J connectivity index is 0.000000245. The van der Waals surface area contributed by atoms with E-state index in [2.05, 4.69) is 47.1 Å². The number of rotatable bonds is 7. The van der Waals surface area contributed by atoms with Crippen LogP contribution in [0, 0.1) is 84.0 Å². The molecule has 0 aliphatic rings. The van der Waals surface area contributed by atoms with Gasteiger partial charge in [0.05, 0.1) is 63.9 Å². The maximum Gasteiger partial charge on any atom is 0.302 e. The van der Waals surface area contributed by atoms with Gasteiger partial charge >= 0.3 is 5.97 Å². The second-order valence-electron chi connectivity index (χ2n) is 16.6. The lowest BCUT2D eigenvalue weighted by Crippen LogP contribution is -2.07. The first-order chi connectivity index (χ1) is 35.4. The molecule has 0 bridgehead atoms. The molecule has 8 aromatic rings. The van der Waals surface area contributed by atoms with Gasteiger partial charge in [0.25, 0.3) is 0 Å². The van der Waals surface area contributed by atoms with Gasteiger partial charge in [0, 0.05) is 50.2 Å². The summed E-state index contributed by atoms with van der Waals surface area (Å²) >= 11 is 27.2. The molecule has 0 aliphatic carbocycles. The summed E-state index contributed by atoms with van der Waals surface area (Å²) in [6.45, 7) is 22.8. The molecule has 4 aromatic carbocycles. The fraction of sp³-hybridized carbons (Fsp3) is 0.273. The van der Waals surface area contributed by atoms with Crippen molar-refractivity contribution in [3.63, 3.8) is 0 Å². The van der Waals surface area contributed by atoms with E-state index in [0.29, 0.717) is 44.8 Å². The van der Waals surface area contributed by atoms with Gasteiger partial charge in [-0.3, -0.25) is 9.59 Å². The molecule has 8 rings (SSSR count). The van der Waals surface area contributed by atoms with Crippen LogP contribution in [0.3, 0.4) is 0 Å². The van der Waals surface area contributed by atoms with Gasteiger partial charge in [-0.2, -0.15) is 30.9 Å². The highest BCUT2D eigenvalue weighted by molar-refractivity contribution is 9.10. The summed E-state index contributed by atoms with van der Waals surface area (Å²) in [5.74, 6) is -0.0465. The zero-order valence-electron chi connectivity index (χ0n) is 44.0. The minimum Gasteiger partial charge on any atom is -0.466 e. The van der Waals surface area contributed by atoms with Crippen molar-refractivity contribution in [1.82, 2.24) is 39.1 Å². The van der Waals surface area contributed by atoms with Crippen LogP contribution in [0.2, 0.25) is 20.1 Å². The van der Waals surface area contributed by atoms with Crippen LogP contribution in [0.4, 0.5) is 5.82 Å². The van der Waals surface area contributed by atoms with E-state index in [9.17, 15) is 9.59 Å². The number of carbonyl (C=O) groups is 2. The van der Waals surface area contributed by atoms with Crippen molar-refractivity contribution >= 4 is 79.9 Å². The van der Waals surface area contributed by atoms with Gasteiger partial charge in [-0.15, -0.1) is 0 Å². The maximum atomic E-state index is 10.2. The number of Topliss-reactive ketones (excluding diaryl/α,β-unsaturated/α-hetero) is 1. The molecule has 75 heavy (non-hydrogen) atoms. The Labute approximate surface area is 467 Å². The second-order valence-corrected chi connectivity index (χ2v) is 19.1. The molecule has 0 saturated carbocycles. The van der Waals surface area contributed by atoms with Crippen molar-refractivity contribution < 1.29 is 14.3 Å². The molecule has 15 nitrogen and oxygen atoms in total. The molecule has 0 fully saturated rings. The zero-order chi connectivity index (χ0) is 56.3. The van der Waals surface area contributed by atoms with E-state index in [1.165, 1.54) is 13.8 Å². The molecule has 1 unspecified atom stereocenters. The molecule has 0 aliphatic heterocycles. The molecule has 1 atom stereocenters. The number of nitrogen functional groups attached to an aromatic ring is 1. The number of esters is 1. The van der Waals surface area contributed by atoms with E-state index in [4.69, 9.17) is 68.4 Å². The molecule has 394 valence electrons. The SMILES string of the molecule is CC(=O)C(C)C#N.CCOC(C)=O.Cc1nn(-c2cccc(Cl)c2)c(Br)c1C.Cc1nn(-c2cccc(Cl)c2)c(C#N)c1C.Cc1nn(-c2cccc(Cl)c2)c(CN)c1C.Cc1nn(-c2cccc(Cl)c2)c(N)c1C. The number of aryl methyl sites for hydroxylation is 4. The number of ether oxygens (including phenoxy) is 1. The highest BCUT2D eigenvalue weighted by Crippen LogP contribution is 2.26. The first kappa shape index (κ1) is 62.5. The smallest absolute Gasteiger partial charge is 0.302 e. The fourth-order valence-electron chi connectivity index (χ4n) is 6.32. The number of nitrogens with two attached hydrogens (primary N) is 2. The van der Waals surface area contributed by atoms with Gasteiger partial charge in [0.15, 0.2) is 0 Å². The Kier molecular flexibility index (Phi) is 25.0. The summed E-state index contributed by atoms with van der Waals surface area (Å²) in [6, 6.07) is 34.0. The molecular weight excluding hydrogens is 1100 g/mol. The van der Waals surface area contributed by atoms with E-state index in [-0.39, 0.29) is 11.8 Å². The third-order valence-corrected chi connectivity index (χ3v) is 13.1. The highest BCUT2D eigenvalue weighted by atomic mass is 79.9. The van der Waals surface area contributed by atoms with Crippen LogP contribution in [0.5, 0.6) is 0 Å². The Morgan fingerprint density at radius 2 is 0.987 bits per heavy atom. The quantitative estimate of drug-likeness (QED) is 0.143. The van der Waals surface area contributed by atoms with Gasteiger partial charge < -0.3 is 16.2 Å². The lowest BCUT2D eigenvalue weighted by atomic mass is 10.1. The van der Waals surface area contributed by atoms with Crippen LogP contribution in [0.15, 0.2) is 102 Å². The highest BCUT2D eigenvalue weighted by Gasteiger charge is 2.15. The van der Waals surface area contributed by atoms with Gasteiger partial charge in [-0.25, -0.2) is 18.7 Å². The molecule has 4 aromatic heterocycles. The second kappa shape index (κ2) is 30.0. The molecule has 0 radical (unpaired) electrons. The van der Waals surface area contributed by atoms with Crippen LogP contribution in [-0.4, -0.2) is 57.5 Å². The largest absolute Gasteiger partial charge is 0.466 e. The fourth-order valence-corrected chi connectivity index (χ4v) is 7.63. The third kappa shape index (κ3) is 18.0. The lowest BCUT2D eigenvalue weighted by Gasteiger charge is -2.06. The van der Waals surface area contributed by atoms with Gasteiger partial charge in [-0.05, 0) is 170 Å². The van der Waals surface area contributed by atoms with Crippen molar-refractivity contribution in [2.75, 3.05) is 12.3 Å². The Morgan fingerprint density at radius 1 is 0.613 bits per heavy atom. The molecule has 4 N–H and O–H groups in total. The average molecular weight is 1160 g/mol. The third-order valence-electron chi connectivity index (χ3n) is 11.2. The van der Waals surface area contributed by atoms with Crippen molar-refractivity contribution in [2.45, 2.75) is 89.6 Å². The normalized spacial score (nSPS) is 10.5. The van der Waals surface area contributed by atoms with Gasteiger partial charge in [0.1, 0.15) is 33.9 Å². The predicted octanol–water partition coefficient (Wildman–Crippen LogP) is 13.5. The number of hydrogen-bond donors (Lipinski definition) is 2. The van der Waals surface area contributed by atoms with Crippen molar-refractivity contribution in [3.8, 4) is 34.9 Å². The number of ketones is 1. The van der Waals surface area contributed by atoms with Crippen molar-refractivity contribution in [3.05, 3.63) is 178 Å². The van der Waals surface area contributed by atoms with Gasteiger partial charge in [0.2, 0.25) is 0 Å². The molecular formula is C55H61BrCl4N12O3. The van der Waals surface area contributed by atoms with E-state index < -0.39 is 5.92 Å². The summed E-state index contributed by atoms with van der Waals surface area (Å²) in [5, 5.41) is 37.4. The average Bonchev–Trinajstić information content (AvgIpc) is 4.03. The molecule has 0 amide bonds. The van der Waals surface area contributed by atoms with E-state index >= 15 is 0 Å². The number of hydrogen-bond acceptors (Lipinski definition) is 11. The summed E-state index contributed by atoms with van der Waals surface area (Å²) in [6.07, 6.45) is 0. The predicted molar refractivity (Wildman–Crippen MR) is 305 cm³/mol. The maximum absolute atomic E-state index is 10.2. The van der Waals surface area contributed by atoms with Crippen molar-refractivity contribution in [2.24, 2.45) is 11.7 Å². The standard InChI is InChI=1S/C12H14ClN3.C12H10ClN3.C11H10BrClN2.C11H12ClN3.C5H7NO.C4H8O2/c2*1-8-9(2)15-16(12(8)7-14)11-5-3-4-10(13)6-11;1-7-8(2)14-15(11(7)12)10-5-3-4-9(13)6-10;1-7-8(2)14-15(11(7)13)10-5-3-4-9(12)6-10;1-4(3-6)5(2)7;1-3-6-4(2)5/h3-6H,7,14H2,1-2H3;3-6H,1-2H3;3-6H,1-2H3;3-6H,13H2,1-2H3;4H,1-2H3;3H2,1-2H3. The summed E-state index contributed by atoms with van der Waals surface area (Å²) < 4.78 is 12.4. The van der Waals surface area contributed by atoms with Crippen molar-refractivity contribution in [1.29, 1.82) is 10.5 Å². The minimum atomic E-state index is -0.431. The summed E-state index contributed by atoms with van der Waals surface area (Å²) in [5.41, 5.74) is 24.9. The number of carbonyl (C=O) groups excluding carboxylic acids is 2.